The summed E-state index contributed by atoms with van der Waals surface area (Å²) < 4.78 is 5.40. The number of piperidine rings is 1. The van der Waals surface area contributed by atoms with Crippen molar-refractivity contribution in [3.05, 3.63) is 24.0 Å². The molecule has 110 valence electrons. The van der Waals surface area contributed by atoms with Gasteiger partial charge in [0.25, 0.3) is 0 Å². The Labute approximate surface area is 119 Å². The summed E-state index contributed by atoms with van der Waals surface area (Å²) in [7, 11) is 0. The normalized spacial score (nSPS) is 19.8. The molecule has 5 heteroatoms. The molecule has 0 aromatic carbocycles. The molecule has 0 bridgehead atoms. The summed E-state index contributed by atoms with van der Waals surface area (Å²) >= 11 is 0. The number of ketones is 1. The first-order valence-corrected chi connectivity index (χ1v) is 7.06. The van der Waals surface area contributed by atoms with Gasteiger partial charge < -0.3 is 9.72 Å². The van der Waals surface area contributed by atoms with Gasteiger partial charge in [-0.3, -0.25) is 9.69 Å². The molecule has 1 atom stereocenters. The van der Waals surface area contributed by atoms with Gasteiger partial charge in [0.05, 0.1) is 11.7 Å². The fraction of sp³-hybridized carbons (Fsp3) is 0.600. The van der Waals surface area contributed by atoms with Crippen LogP contribution < -0.4 is 0 Å². The molecule has 5 nitrogen and oxygen atoms in total. The highest BCUT2D eigenvalue weighted by Crippen LogP contribution is 2.22. The topological polar surface area (TPSA) is 62.4 Å². The summed E-state index contributed by atoms with van der Waals surface area (Å²) in [5.74, 6) is -0.0411. The van der Waals surface area contributed by atoms with Crippen molar-refractivity contribution in [3.63, 3.8) is 0 Å². The van der Waals surface area contributed by atoms with E-state index in [1.807, 2.05) is 20.8 Å². The van der Waals surface area contributed by atoms with Crippen molar-refractivity contribution in [2.24, 2.45) is 0 Å². The van der Waals surface area contributed by atoms with E-state index in [4.69, 9.17) is 4.74 Å². The number of amides is 1. The monoisotopic (exact) mass is 278 g/mol. The van der Waals surface area contributed by atoms with Crippen molar-refractivity contribution in [1.82, 2.24) is 9.88 Å². The van der Waals surface area contributed by atoms with E-state index in [0.717, 1.165) is 12.8 Å². The largest absolute Gasteiger partial charge is 0.444 e. The molecule has 2 rings (SSSR count). The molecule has 1 aliphatic rings. The number of H-pyrrole nitrogens is 1. The van der Waals surface area contributed by atoms with Crippen LogP contribution in [0.1, 0.15) is 50.5 Å². The maximum atomic E-state index is 12.5. The molecule has 1 fully saturated rings. The predicted octanol–water partition coefficient (Wildman–Crippen LogP) is 2.99. The zero-order valence-electron chi connectivity index (χ0n) is 12.3. The van der Waals surface area contributed by atoms with E-state index in [-0.39, 0.29) is 5.78 Å². The molecule has 20 heavy (non-hydrogen) atoms. The highest BCUT2D eigenvalue weighted by atomic mass is 16.6. The van der Waals surface area contributed by atoms with E-state index < -0.39 is 17.7 Å². The Kier molecular flexibility index (Phi) is 4.16. The molecule has 1 amide bonds. The fourth-order valence-electron chi connectivity index (χ4n) is 2.41. The summed E-state index contributed by atoms with van der Waals surface area (Å²) in [6.45, 7) is 6.07. The SMILES string of the molecule is CC(C)(C)OC(=O)N1CCCCC1C(=O)c1ccc[nH]1. The molecule has 0 aliphatic carbocycles. The van der Waals surface area contributed by atoms with Crippen LogP contribution in [0.2, 0.25) is 0 Å². The first-order valence-electron chi connectivity index (χ1n) is 7.06. The van der Waals surface area contributed by atoms with Gasteiger partial charge >= 0.3 is 6.09 Å². The lowest BCUT2D eigenvalue weighted by molar-refractivity contribution is 0.0104. The smallest absolute Gasteiger partial charge is 0.410 e. The second kappa shape index (κ2) is 5.69. The van der Waals surface area contributed by atoms with Crippen LogP contribution in [0.25, 0.3) is 0 Å². The highest BCUT2D eigenvalue weighted by Gasteiger charge is 2.35. The van der Waals surface area contributed by atoms with Crippen LogP contribution >= 0.6 is 0 Å². The lowest BCUT2D eigenvalue weighted by Gasteiger charge is -2.35. The van der Waals surface area contributed by atoms with Gasteiger partial charge in [-0.15, -0.1) is 0 Å². The zero-order chi connectivity index (χ0) is 14.8. The molecular formula is C15H22N2O3. The minimum Gasteiger partial charge on any atom is -0.444 e. The van der Waals surface area contributed by atoms with E-state index in [2.05, 4.69) is 4.98 Å². The van der Waals surface area contributed by atoms with Crippen LogP contribution in [0.15, 0.2) is 18.3 Å². The highest BCUT2D eigenvalue weighted by molar-refractivity contribution is 6.00. The number of aromatic amines is 1. The average Bonchev–Trinajstić information content (AvgIpc) is 2.89. The van der Waals surface area contributed by atoms with Crippen molar-refractivity contribution >= 4 is 11.9 Å². The van der Waals surface area contributed by atoms with E-state index in [9.17, 15) is 9.59 Å². The molecule has 0 spiro atoms. The maximum Gasteiger partial charge on any atom is 0.410 e. The van der Waals surface area contributed by atoms with Gasteiger partial charge in [-0.25, -0.2) is 4.79 Å². The minimum absolute atomic E-state index is 0.0411. The van der Waals surface area contributed by atoms with Gasteiger partial charge in [0.15, 0.2) is 0 Å². The standard InChI is InChI=1S/C15H22N2O3/c1-15(2,3)20-14(19)17-10-5-4-8-12(17)13(18)11-7-6-9-16-11/h6-7,9,12,16H,4-5,8,10H2,1-3H3. The summed E-state index contributed by atoms with van der Waals surface area (Å²) in [5.41, 5.74) is -0.000342. The van der Waals surface area contributed by atoms with Crippen LogP contribution in [-0.2, 0) is 4.74 Å². The van der Waals surface area contributed by atoms with E-state index in [1.165, 1.54) is 0 Å². The van der Waals surface area contributed by atoms with Gasteiger partial charge in [-0.2, -0.15) is 0 Å². The van der Waals surface area contributed by atoms with Crippen molar-refractivity contribution in [3.8, 4) is 0 Å². The lowest BCUT2D eigenvalue weighted by atomic mass is 9.97. The Bertz CT molecular complexity index is 474. The van der Waals surface area contributed by atoms with E-state index in [1.54, 1.807) is 23.2 Å². The van der Waals surface area contributed by atoms with Crippen molar-refractivity contribution < 1.29 is 14.3 Å². The van der Waals surface area contributed by atoms with Crippen molar-refractivity contribution in [1.29, 1.82) is 0 Å². The van der Waals surface area contributed by atoms with Crippen LogP contribution in [0, 0.1) is 0 Å². The van der Waals surface area contributed by atoms with Gasteiger partial charge in [-0.1, -0.05) is 0 Å². The van der Waals surface area contributed by atoms with Crippen LogP contribution in [0.5, 0.6) is 0 Å². The average molecular weight is 278 g/mol. The number of rotatable bonds is 2. The number of likely N-dealkylation sites (tertiary alicyclic amines) is 1. The molecule has 2 heterocycles. The van der Waals surface area contributed by atoms with Gasteiger partial charge in [0.2, 0.25) is 5.78 Å². The first kappa shape index (κ1) is 14.6. The number of Topliss-reactive ketones (excluding diaryl/α,β-unsaturated/α-hetero) is 1. The zero-order valence-corrected chi connectivity index (χ0v) is 12.3. The molecule has 1 saturated heterocycles. The summed E-state index contributed by atoms with van der Waals surface area (Å²) in [6.07, 6.45) is 3.87. The lowest BCUT2D eigenvalue weighted by Crippen LogP contribution is -2.49. The maximum absolute atomic E-state index is 12.5. The van der Waals surface area contributed by atoms with Crippen LogP contribution in [0.3, 0.4) is 0 Å². The summed E-state index contributed by atoms with van der Waals surface area (Å²) in [4.78, 5) is 29.2. The van der Waals surface area contributed by atoms with Crippen molar-refractivity contribution in [2.75, 3.05) is 6.54 Å². The van der Waals surface area contributed by atoms with Crippen LogP contribution in [-0.4, -0.2) is 39.9 Å². The first-order chi connectivity index (χ1) is 9.38. The molecule has 1 aliphatic heterocycles. The minimum atomic E-state index is -0.547. The second-order valence-corrected chi connectivity index (χ2v) is 6.13. The Balaban J connectivity index is 2.13. The Morgan fingerprint density at radius 3 is 2.70 bits per heavy atom. The molecular weight excluding hydrogens is 256 g/mol. The predicted molar refractivity (Wildman–Crippen MR) is 75.7 cm³/mol. The van der Waals surface area contributed by atoms with E-state index >= 15 is 0 Å². The Hall–Kier alpha value is -1.78. The van der Waals surface area contributed by atoms with Gasteiger partial charge in [-0.05, 0) is 52.2 Å². The number of carbonyl (C=O) groups excluding carboxylic acids is 2. The van der Waals surface area contributed by atoms with E-state index in [0.29, 0.717) is 18.7 Å². The second-order valence-electron chi connectivity index (χ2n) is 6.13. The number of nitrogens with zero attached hydrogens (tertiary/aromatic N) is 1. The number of ether oxygens (including phenoxy) is 1. The number of hydrogen-bond acceptors (Lipinski definition) is 3. The molecule has 0 radical (unpaired) electrons. The third kappa shape index (κ3) is 3.40. The molecule has 1 aromatic heterocycles. The van der Waals surface area contributed by atoms with Gasteiger partial charge in [0.1, 0.15) is 5.60 Å². The van der Waals surface area contributed by atoms with Crippen LogP contribution in [0.4, 0.5) is 4.79 Å². The molecule has 1 unspecified atom stereocenters. The molecule has 0 saturated carbocycles. The number of carbonyl (C=O) groups is 2. The molecule has 1 N–H and O–H groups in total. The third-order valence-electron chi connectivity index (χ3n) is 3.30. The van der Waals surface area contributed by atoms with Crippen molar-refractivity contribution in [2.45, 2.75) is 51.7 Å². The quantitative estimate of drug-likeness (QED) is 0.846. The Morgan fingerprint density at radius 2 is 2.10 bits per heavy atom. The van der Waals surface area contributed by atoms with Gasteiger partial charge in [0, 0.05) is 12.7 Å². The Morgan fingerprint density at radius 1 is 1.35 bits per heavy atom. The number of nitrogens with one attached hydrogen (secondary N) is 1. The number of hydrogen-bond donors (Lipinski definition) is 1. The summed E-state index contributed by atoms with van der Waals surface area (Å²) in [6, 6.07) is 3.11. The number of aromatic nitrogens is 1. The molecule has 1 aromatic rings. The fourth-order valence-corrected chi connectivity index (χ4v) is 2.41. The third-order valence-corrected chi connectivity index (χ3v) is 3.30. The summed E-state index contributed by atoms with van der Waals surface area (Å²) in [5, 5.41) is 0.